The molecule has 2 aromatic heterocycles. The Morgan fingerprint density at radius 1 is 1.04 bits per heavy atom. The van der Waals surface area contributed by atoms with Gasteiger partial charge in [-0.15, -0.1) is 0 Å². The zero-order chi connectivity index (χ0) is 48.9. The van der Waals surface area contributed by atoms with Gasteiger partial charge in [0, 0.05) is 80.9 Å². The number of hydrazine groups is 1. The maximum atomic E-state index is 14.8. The van der Waals surface area contributed by atoms with E-state index in [0.717, 1.165) is 44.5 Å². The molecule has 4 amide bonds. The van der Waals surface area contributed by atoms with Crippen LogP contribution in [0.3, 0.4) is 0 Å². The lowest BCUT2D eigenvalue weighted by Crippen LogP contribution is -2.62. The third-order valence-corrected chi connectivity index (χ3v) is 15.0. The number of pyridine rings is 1. The van der Waals surface area contributed by atoms with E-state index in [-0.39, 0.29) is 49.3 Å². The molecule has 1 spiro atoms. The standard InChI is InChI=1S/C53H66N8O8/c1-8-59-43-14-13-34-27-38(43)39(46(59)37-11-9-18-54-44(37)32(4)68-7)28-52(5,6)30-69-50(66)40-12-10-19-61(57-40)49(65)41(25-33-23-35(34)26-36(62)24-33)56-47(63)45(31(2)3)60-22-17-53(51(60)67)15-20-58(21-16-53)48(64)42-29-55-42/h9,11,13-14,18,23-24,26-27,32,40-42,45,55,57,62H,2,8,10,12,15-17,19-22,25,28-30H2,1,3-7H3,(H,56,63)/t32-,40-,41-,42+,45-/m0/s1. The second-order valence-corrected chi connectivity index (χ2v) is 20.6. The van der Waals surface area contributed by atoms with E-state index in [1.807, 2.05) is 30.0 Å². The third-order valence-electron chi connectivity index (χ3n) is 15.0. The van der Waals surface area contributed by atoms with E-state index in [0.29, 0.717) is 82.4 Å². The van der Waals surface area contributed by atoms with Crippen LogP contribution in [0.25, 0.3) is 33.3 Å². The van der Waals surface area contributed by atoms with E-state index >= 15 is 0 Å². The number of ether oxygens (including phenoxy) is 2. The molecule has 0 saturated carbocycles. The number of esters is 1. The molecule has 2 aromatic carbocycles. The van der Waals surface area contributed by atoms with E-state index in [9.17, 15) is 29.1 Å². The number of fused-ring (bicyclic) bond motifs is 6. The van der Waals surface area contributed by atoms with Gasteiger partial charge in [-0.2, -0.15) is 0 Å². The Morgan fingerprint density at radius 2 is 1.80 bits per heavy atom. The van der Waals surface area contributed by atoms with Gasteiger partial charge in [0.05, 0.1) is 35.6 Å². The molecule has 9 rings (SSSR count). The number of aromatic hydroxyl groups is 1. The van der Waals surface area contributed by atoms with Gasteiger partial charge in [0.1, 0.15) is 23.9 Å². The highest BCUT2D eigenvalue weighted by Gasteiger charge is 2.52. The first-order valence-electron chi connectivity index (χ1n) is 24.5. The molecule has 5 atom stereocenters. The van der Waals surface area contributed by atoms with Gasteiger partial charge in [0.2, 0.25) is 17.7 Å². The number of likely N-dealkylation sites (tertiary alicyclic amines) is 2. The number of hydrogen-bond donors (Lipinski definition) is 4. The number of nitrogens with one attached hydrogen (secondary N) is 3. The van der Waals surface area contributed by atoms with Crippen LogP contribution < -0.4 is 16.1 Å². The van der Waals surface area contributed by atoms with Crippen LogP contribution in [0.2, 0.25) is 0 Å². The molecule has 0 unspecified atom stereocenters. The Kier molecular flexibility index (Phi) is 13.2. The summed E-state index contributed by atoms with van der Waals surface area (Å²) < 4.78 is 14.2. The number of methoxy groups -OCH3 is 1. The highest BCUT2D eigenvalue weighted by molar-refractivity contribution is 5.97. The second-order valence-electron chi connectivity index (χ2n) is 20.6. The van der Waals surface area contributed by atoms with Crippen LogP contribution in [0.5, 0.6) is 5.75 Å². The summed E-state index contributed by atoms with van der Waals surface area (Å²) in [6.07, 6.45) is 4.52. The minimum atomic E-state index is -1.18. The highest BCUT2D eigenvalue weighted by Crippen LogP contribution is 2.44. The van der Waals surface area contributed by atoms with E-state index < -0.39 is 46.7 Å². The molecule has 5 aliphatic rings. The summed E-state index contributed by atoms with van der Waals surface area (Å²) >= 11 is 0. The fourth-order valence-electron chi connectivity index (χ4n) is 11.1. The minimum absolute atomic E-state index is 0.0101. The molecular weight excluding hydrogens is 877 g/mol. The van der Waals surface area contributed by atoms with E-state index in [1.165, 1.54) is 5.01 Å². The molecule has 69 heavy (non-hydrogen) atoms. The zero-order valence-corrected chi connectivity index (χ0v) is 40.7. The van der Waals surface area contributed by atoms with Crippen molar-refractivity contribution in [3.05, 3.63) is 83.7 Å². The Morgan fingerprint density at radius 3 is 2.51 bits per heavy atom. The number of benzene rings is 2. The monoisotopic (exact) mass is 943 g/mol. The van der Waals surface area contributed by atoms with Crippen LogP contribution >= 0.6 is 0 Å². The molecule has 4 aromatic rings. The maximum Gasteiger partial charge on any atom is 0.324 e. The molecule has 16 nitrogen and oxygen atoms in total. The first kappa shape index (κ1) is 47.9. The second kappa shape index (κ2) is 19.0. The van der Waals surface area contributed by atoms with Crippen LogP contribution in [0.1, 0.15) is 89.6 Å². The fourth-order valence-corrected chi connectivity index (χ4v) is 11.1. The highest BCUT2D eigenvalue weighted by atomic mass is 16.5. The molecule has 0 radical (unpaired) electrons. The van der Waals surface area contributed by atoms with Crippen molar-refractivity contribution >= 4 is 40.5 Å². The number of cyclic esters (lactones) is 1. The molecular formula is C53H66N8O8. The summed E-state index contributed by atoms with van der Waals surface area (Å²) in [7, 11) is 1.67. The zero-order valence-electron chi connectivity index (χ0n) is 40.7. The van der Waals surface area contributed by atoms with E-state index in [2.05, 4.69) is 66.2 Å². The molecule has 366 valence electrons. The predicted molar refractivity (Wildman–Crippen MR) is 260 cm³/mol. The first-order valence-corrected chi connectivity index (χ1v) is 24.5. The Hall–Kier alpha value is -6.10. The van der Waals surface area contributed by atoms with Crippen molar-refractivity contribution in [1.29, 1.82) is 0 Å². The van der Waals surface area contributed by atoms with Crippen molar-refractivity contribution in [2.45, 2.75) is 116 Å². The Labute approximate surface area is 403 Å². The van der Waals surface area contributed by atoms with Gasteiger partial charge in [-0.1, -0.05) is 32.6 Å². The number of piperidine rings is 1. The quantitative estimate of drug-likeness (QED) is 0.0977. The summed E-state index contributed by atoms with van der Waals surface area (Å²) in [4.78, 5) is 78.9. The third kappa shape index (κ3) is 9.38. The van der Waals surface area contributed by atoms with Gasteiger partial charge in [-0.25, -0.2) is 5.43 Å². The van der Waals surface area contributed by atoms with Gasteiger partial charge < -0.3 is 39.6 Å². The smallest absolute Gasteiger partial charge is 0.324 e. The van der Waals surface area contributed by atoms with Crippen molar-refractivity contribution in [2.75, 3.05) is 46.4 Å². The molecule has 7 heterocycles. The van der Waals surface area contributed by atoms with Crippen molar-refractivity contribution in [3.63, 3.8) is 0 Å². The van der Waals surface area contributed by atoms with E-state index in [1.54, 1.807) is 37.3 Å². The summed E-state index contributed by atoms with van der Waals surface area (Å²) in [6, 6.07) is 12.3. The number of phenols is 1. The van der Waals surface area contributed by atoms with Gasteiger partial charge in [-0.05, 0) is 124 Å². The van der Waals surface area contributed by atoms with Gasteiger partial charge in [0.15, 0.2) is 0 Å². The van der Waals surface area contributed by atoms with Crippen molar-refractivity contribution in [3.8, 4) is 28.1 Å². The van der Waals surface area contributed by atoms with Crippen LogP contribution in [-0.2, 0) is 52.8 Å². The number of phenolic OH excluding ortho intramolecular Hbond substituents is 1. The molecule has 4 fully saturated rings. The number of aromatic nitrogens is 2. The van der Waals surface area contributed by atoms with Crippen LogP contribution in [0.4, 0.5) is 0 Å². The normalized spacial score (nSPS) is 23.4. The summed E-state index contributed by atoms with van der Waals surface area (Å²) in [6.45, 7) is 17.1. The maximum absolute atomic E-state index is 14.8. The van der Waals surface area contributed by atoms with Crippen LogP contribution in [0.15, 0.2) is 66.9 Å². The number of hydrogen-bond acceptors (Lipinski definition) is 11. The van der Waals surface area contributed by atoms with Crippen molar-refractivity contribution in [2.24, 2.45) is 10.8 Å². The average molecular weight is 943 g/mol. The minimum Gasteiger partial charge on any atom is -0.508 e. The van der Waals surface area contributed by atoms with Crippen molar-refractivity contribution in [1.82, 2.24) is 40.4 Å². The number of nitrogens with zero attached hydrogens (tertiary/aromatic N) is 5. The predicted octanol–water partition coefficient (Wildman–Crippen LogP) is 5.21. The van der Waals surface area contributed by atoms with Gasteiger partial charge in [-0.3, -0.25) is 34.0 Å². The number of carbonyl (C=O) groups is 5. The van der Waals surface area contributed by atoms with Crippen LogP contribution in [-0.4, -0.2) is 130 Å². The molecule has 0 aliphatic carbocycles. The largest absolute Gasteiger partial charge is 0.508 e. The molecule has 5 aliphatic heterocycles. The summed E-state index contributed by atoms with van der Waals surface area (Å²) in [5.41, 5.74) is 9.31. The lowest BCUT2D eigenvalue weighted by atomic mass is 9.77. The average Bonchev–Trinajstić information content (AvgIpc) is 4.10. The summed E-state index contributed by atoms with van der Waals surface area (Å²) in [5.74, 6) is -1.60. The molecule has 4 saturated heterocycles. The molecule has 16 heteroatoms. The fraction of sp³-hybridized carbons (Fsp3) is 0.509. The topological polar surface area (TPSA) is 198 Å². The summed E-state index contributed by atoms with van der Waals surface area (Å²) in [5, 5.41) is 19.9. The number of carbonyl (C=O) groups excluding carboxylic acids is 5. The van der Waals surface area contributed by atoms with Gasteiger partial charge in [0.25, 0.3) is 5.91 Å². The lowest BCUT2D eigenvalue weighted by Gasteiger charge is -2.39. The van der Waals surface area contributed by atoms with E-state index in [4.69, 9.17) is 14.5 Å². The molecule has 6 bridgehead atoms. The van der Waals surface area contributed by atoms with Gasteiger partial charge >= 0.3 is 5.97 Å². The Bertz CT molecular complexity index is 2700. The van der Waals surface area contributed by atoms with Crippen LogP contribution in [0, 0.1) is 10.8 Å². The number of amides is 4. The van der Waals surface area contributed by atoms with Crippen molar-refractivity contribution < 1.29 is 38.6 Å². The molecule has 4 N–H and O–H groups in total. The SMILES string of the molecule is C=C(C)[C@@H](C(=O)N[C@H]1Cc2cc(O)cc(c2)-c2ccc3c(c2)c(c(-c2cccnc2[C@H](C)OC)n3CC)CC(C)(C)COC(=O)[C@@H]2CCCN(N2)C1=O)N1CCC2(CCN(C(=O)[C@H]3CN3)CC2)C1=O. The Balaban J connectivity index is 1.08. The number of rotatable bonds is 9. The first-order chi connectivity index (χ1) is 33.0. The number of aryl methyl sites for hydroxylation is 1. The lowest BCUT2D eigenvalue weighted by molar-refractivity contribution is -0.155.